The average molecular weight is 192 g/mol. The van der Waals surface area contributed by atoms with Crippen molar-refractivity contribution in [3.05, 3.63) is 30.1 Å². The Morgan fingerprint density at radius 1 is 1.54 bits per heavy atom. The number of aromatic nitrogens is 2. The number of aliphatic hydroxyl groups is 1. The minimum Gasteiger partial charge on any atom is -0.386 e. The normalized spacial score (nSPS) is 20.8. The molecular weight excluding hydrogens is 184 g/mol. The van der Waals surface area contributed by atoms with Gasteiger partial charge in [-0.1, -0.05) is 6.07 Å². The van der Waals surface area contributed by atoms with Crippen molar-refractivity contribution in [2.75, 3.05) is 5.75 Å². The molecule has 0 fully saturated rings. The van der Waals surface area contributed by atoms with Crippen LogP contribution in [-0.2, 0) is 0 Å². The van der Waals surface area contributed by atoms with Gasteiger partial charge in [-0.15, -0.1) is 11.8 Å². The molecule has 3 rings (SSSR count). The van der Waals surface area contributed by atoms with E-state index in [9.17, 15) is 5.11 Å². The maximum absolute atomic E-state index is 9.68. The predicted molar refractivity (Wildman–Crippen MR) is 50.9 cm³/mol. The SMILES string of the molecule is OC1CSc2cccc3ncc1n23. The summed E-state index contributed by atoms with van der Waals surface area (Å²) in [6, 6.07) is 5.99. The lowest BCUT2D eigenvalue weighted by atomic mass is 10.3. The number of nitrogens with zero attached hydrogens (tertiary/aromatic N) is 2. The summed E-state index contributed by atoms with van der Waals surface area (Å²) < 4.78 is 2.01. The van der Waals surface area contributed by atoms with Crippen LogP contribution in [0.3, 0.4) is 0 Å². The fraction of sp³-hybridized carbons (Fsp3) is 0.222. The summed E-state index contributed by atoms with van der Waals surface area (Å²) >= 11 is 1.67. The lowest BCUT2D eigenvalue weighted by molar-refractivity contribution is 0.195. The van der Waals surface area contributed by atoms with Gasteiger partial charge in [0, 0.05) is 5.75 Å². The van der Waals surface area contributed by atoms with E-state index in [-0.39, 0.29) is 6.10 Å². The second-order valence-corrected chi connectivity index (χ2v) is 4.11. The molecule has 3 heterocycles. The van der Waals surface area contributed by atoms with E-state index in [4.69, 9.17) is 0 Å². The Balaban J connectivity index is 2.45. The van der Waals surface area contributed by atoms with Gasteiger partial charge in [-0.05, 0) is 12.1 Å². The van der Waals surface area contributed by atoms with Crippen LogP contribution in [0.2, 0.25) is 0 Å². The van der Waals surface area contributed by atoms with E-state index in [2.05, 4.69) is 11.1 Å². The van der Waals surface area contributed by atoms with Gasteiger partial charge in [-0.25, -0.2) is 4.98 Å². The Morgan fingerprint density at radius 2 is 2.46 bits per heavy atom. The van der Waals surface area contributed by atoms with Crippen LogP contribution in [0.5, 0.6) is 0 Å². The highest BCUT2D eigenvalue weighted by Crippen LogP contribution is 2.32. The number of imidazole rings is 1. The van der Waals surface area contributed by atoms with Crippen molar-refractivity contribution in [3.8, 4) is 0 Å². The van der Waals surface area contributed by atoms with Crippen molar-refractivity contribution in [2.24, 2.45) is 0 Å². The molecule has 0 aromatic carbocycles. The molecule has 0 saturated carbocycles. The smallest absolute Gasteiger partial charge is 0.137 e. The fourth-order valence-corrected chi connectivity index (χ4v) is 2.63. The summed E-state index contributed by atoms with van der Waals surface area (Å²) in [5, 5.41) is 10.8. The van der Waals surface area contributed by atoms with E-state index in [1.54, 1.807) is 18.0 Å². The average Bonchev–Trinajstić information content (AvgIpc) is 2.57. The first kappa shape index (κ1) is 7.41. The van der Waals surface area contributed by atoms with Crippen molar-refractivity contribution in [1.82, 2.24) is 9.38 Å². The maximum Gasteiger partial charge on any atom is 0.137 e. The number of hydrogen-bond acceptors (Lipinski definition) is 3. The second kappa shape index (κ2) is 2.49. The molecule has 0 radical (unpaired) electrons. The zero-order chi connectivity index (χ0) is 8.84. The second-order valence-electron chi connectivity index (χ2n) is 3.07. The lowest BCUT2D eigenvalue weighted by Crippen LogP contribution is -2.10. The Kier molecular flexibility index (Phi) is 1.42. The van der Waals surface area contributed by atoms with E-state index in [0.717, 1.165) is 22.1 Å². The molecule has 0 saturated heterocycles. The van der Waals surface area contributed by atoms with Gasteiger partial charge >= 0.3 is 0 Å². The molecule has 3 nitrogen and oxygen atoms in total. The van der Waals surface area contributed by atoms with Gasteiger partial charge < -0.3 is 5.11 Å². The van der Waals surface area contributed by atoms with Crippen LogP contribution in [0.4, 0.5) is 0 Å². The highest BCUT2D eigenvalue weighted by Gasteiger charge is 2.20. The third-order valence-corrected chi connectivity index (χ3v) is 3.35. The molecule has 1 N–H and O–H groups in total. The quantitative estimate of drug-likeness (QED) is 0.687. The van der Waals surface area contributed by atoms with E-state index < -0.39 is 0 Å². The third kappa shape index (κ3) is 0.927. The molecule has 1 atom stereocenters. The molecule has 0 spiro atoms. The number of hydrogen-bond donors (Lipinski definition) is 1. The number of aliphatic hydroxyl groups excluding tert-OH is 1. The lowest BCUT2D eigenvalue weighted by Gasteiger charge is -2.18. The summed E-state index contributed by atoms with van der Waals surface area (Å²) in [6.45, 7) is 0. The van der Waals surface area contributed by atoms with Gasteiger partial charge in [0.2, 0.25) is 0 Å². The molecule has 4 heteroatoms. The molecule has 1 aliphatic heterocycles. The van der Waals surface area contributed by atoms with Crippen molar-refractivity contribution < 1.29 is 5.11 Å². The van der Waals surface area contributed by atoms with Crippen LogP contribution in [0.25, 0.3) is 5.65 Å². The fourth-order valence-electron chi connectivity index (χ4n) is 1.63. The number of thioether (sulfide) groups is 1. The largest absolute Gasteiger partial charge is 0.386 e. The molecule has 0 amide bonds. The molecule has 66 valence electrons. The summed E-state index contributed by atoms with van der Waals surface area (Å²) in [5.74, 6) is 0.727. The van der Waals surface area contributed by atoms with E-state index in [0.29, 0.717) is 0 Å². The summed E-state index contributed by atoms with van der Waals surface area (Å²) in [4.78, 5) is 4.23. The highest BCUT2D eigenvalue weighted by atomic mass is 32.2. The van der Waals surface area contributed by atoms with E-state index >= 15 is 0 Å². The molecule has 1 unspecified atom stereocenters. The van der Waals surface area contributed by atoms with Crippen LogP contribution in [-0.4, -0.2) is 20.2 Å². The van der Waals surface area contributed by atoms with Gasteiger partial charge in [-0.3, -0.25) is 4.40 Å². The first-order chi connectivity index (χ1) is 6.36. The van der Waals surface area contributed by atoms with Gasteiger partial charge in [0.05, 0.1) is 16.9 Å². The van der Waals surface area contributed by atoms with Gasteiger partial charge in [0.25, 0.3) is 0 Å². The Labute approximate surface area is 79.4 Å². The highest BCUT2D eigenvalue weighted by molar-refractivity contribution is 7.99. The zero-order valence-electron chi connectivity index (χ0n) is 6.84. The van der Waals surface area contributed by atoms with E-state index in [1.165, 1.54) is 0 Å². The minimum absolute atomic E-state index is 0.380. The summed E-state index contributed by atoms with van der Waals surface area (Å²) in [7, 11) is 0. The van der Waals surface area contributed by atoms with Crippen LogP contribution in [0.15, 0.2) is 29.4 Å². The Bertz CT molecular complexity index is 466. The van der Waals surface area contributed by atoms with E-state index in [1.807, 2.05) is 16.5 Å². The van der Waals surface area contributed by atoms with Gasteiger partial charge in [-0.2, -0.15) is 0 Å². The Hall–Kier alpha value is -1.00. The zero-order valence-corrected chi connectivity index (χ0v) is 7.66. The molecule has 2 aromatic heterocycles. The number of rotatable bonds is 0. The standard InChI is InChI=1S/C9H8N2OS/c12-7-5-13-9-3-1-2-8-10-4-6(7)11(8)9/h1-4,7,12H,5H2. The maximum atomic E-state index is 9.68. The first-order valence-corrected chi connectivity index (χ1v) is 5.12. The monoisotopic (exact) mass is 192 g/mol. The Morgan fingerprint density at radius 3 is 3.38 bits per heavy atom. The molecule has 2 aromatic rings. The van der Waals surface area contributed by atoms with Crippen LogP contribution >= 0.6 is 11.8 Å². The summed E-state index contributed by atoms with van der Waals surface area (Å²) in [6.07, 6.45) is 1.37. The van der Waals surface area contributed by atoms with Crippen LogP contribution in [0.1, 0.15) is 11.8 Å². The van der Waals surface area contributed by atoms with Crippen LogP contribution < -0.4 is 0 Å². The van der Waals surface area contributed by atoms with Crippen molar-refractivity contribution >= 4 is 17.4 Å². The van der Waals surface area contributed by atoms with Crippen molar-refractivity contribution in [1.29, 1.82) is 0 Å². The van der Waals surface area contributed by atoms with Gasteiger partial charge in [0.15, 0.2) is 0 Å². The molecule has 1 aliphatic rings. The van der Waals surface area contributed by atoms with Gasteiger partial charge in [0.1, 0.15) is 11.8 Å². The molecule has 0 aliphatic carbocycles. The van der Waals surface area contributed by atoms with Crippen LogP contribution in [0, 0.1) is 0 Å². The molecule has 0 bridgehead atoms. The van der Waals surface area contributed by atoms with Crippen molar-refractivity contribution in [3.63, 3.8) is 0 Å². The molecule has 13 heavy (non-hydrogen) atoms. The third-order valence-electron chi connectivity index (χ3n) is 2.25. The molecular formula is C9H8N2OS. The predicted octanol–water partition coefficient (Wildman–Crippen LogP) is 1.47. The topological polar surface area (TPSA) is 37.5 Å². The minimum atomic E-state index is -0.380. The first-order valence-electron chi connectivity index (χ1n) is 4.13. The number of pyridine rings is 1. The van der Waals surface area contributed by atoms with Crippen molar-refractivity contribution in [2.45, 2.75) is 11.1 Å². The summed E-state index contributed by atoms with van der Waals surface area (Å²) in [5.41, 5.74) is 1.82.